The molecule has 5 heteroatoms. The Labute approximate surface area is 201 Å². The maximum atomic E-state index is 13.7. The lowest BCUT2D eigenvalue weighted by Gasteiger charge is -2.31. The number of benzene rings is 3. The van der Waals surface area contributed by atoms with Gasteiger partial charge in [0.25, 0.3) is 0 Å². The molecule has 0 heterocycles. The number of hydrogen-bond acceptors (Lipinski definition) is 2. The smallest absolute Gasteiger partial charge is 0.243 e. The molecule has 1 unspecified atom stereocenters. The van der Waals surface area contributed by atoms with E-state index in [0.717, 1.165) is 27.8 Å². The molecule has 4 nitrogen and oxygen atoms in total. The second-order valence-electron chi connectivity index (χ2n) is 8.42. The van der Waals surface area contributed by atoms with Crippen molar-refractivity contribution in [2.45, 2.75) is 46.2 Å². The molecule has 1 atom stereocenters. The van der Waals surface area contributed by atoms with E-state index in [1.807, 2.05) is 87.5 Å². The van der Waals surface area contributed by atoms with E-state index < -0.39 is 6.04 Å². The molecule has 33 heavy (non-hydrogen) atoms. The lowest BCUT2D eigenvalue weighted by molar-refractivity contribution is -0.140. The molecule has 0 aliphatic carbocycles. The lowest BCUT2D eigenvalue weighted by atomic mass is 10.0. The van der Waals surface area contributed by atoms with Crippen LogP contribution in [0.3, 0.4) is 0 Å². The van der Waals surface area contributed by atoms with Gasteiger partial charge in [0.1, 0.15) is 6.04 Å². The van der Waals surface area contributed by atoms with Gasteiger partial charge < -0.3 is 10.2 Å². The first-order chi connectivity index (χ1) is 15.9. The lowest BCUT2D eigenvalue weighted by Crippen LogP contribution is -2.50. The number of nitrogens with zero attached hydrogens (tertiary/aromatic N) is 1. The maximum absolute atomic E-state index is 13.7. The van der Waals surface area contributed by atoms with Crippen LogP contribution in [0.2, 0.25) is 5.02 Å². The largest absolute Gasteiger partial charge is 0.355 e. The normalized spacial score (nSPS) is 11.6. The Kier molecular flexibility index (Phi) is 8.67. The van der Waals surface area contributed by atoms with Crippen LogP contribution >= 0.6 is 11.6 Å². The summed E-state index contributed by atoms with van der Waals surface area (Å²) >= 11 is 6.06. The van der Waals surface area contributed by atoms with E-state index in [9.17, 15) is 9.59 Å². The van der Waals surface area contributed by atoms with Crippen molar-refractivity contribution in [3.8, 4) is 0 Å². The van der Waals surface area contributed by atoms with Crippen LogP contribution in [0.15, 0.2) is 72.8 Å². The van der Waals surface area contributed by atoms with Crippen molar-refractivity contribution >= 4 is 23.4 Å². The van der Waals surface area contributed by atoms with Gasteiger partial charge in [0.15, 0.2) is 0 Å². The second-order valence-corrected chi connectivity index (χ2v) is 8.86. The van der Waals surface area contributed by atoms with Gasteiger partial charge in [0.05, 0.1) is 6.42 Å². The van der Waals surface area contributed by atoms with E-state index in [4.69, 9.17) is 11.6 Å². The molecule has 0 radical (unpaired) electrons. The Morgan fingerprint density at radius 1 is 0.879 bits per heavy atom. The Hall–Kier alpha value is -3.11. The van der Waals surface area contributed by atoms with Gasteiger partial charge in [0.2, 0.25) is 11.8 Å². The monoisotopic (exact) mass is 462 g/mol. The number of amides is 2. The highest BCUT2D eigenvalue weighted by atomic mass is 35.5. The molecule has 172 valence electrons. The fourth-order valence-electron chi connectivity index (χ4n) is 4.08. The molecule has 0 aromatic heterocycles. The average Bonchev–Trinajstić information content (AvgIpc) is 2.77. The molecule has 3 rings (SSSR count). The third kappa shape index (κ3) is 7.19. The van der Waals surface area contributed by atoms with Crippen LogP contribution in [0.4, 0.5) is 0 Å². The van der Waals surface area contributed by atoms with Crippen LogP contribution in [0.25, 0.3) is 0 Å². The molecule has 1 N–H and O–H groups in total. The minimum absolute atomic E-state index is 0.0814. The third-order valence-corrected chi connectivity index (χ3v) is 5.78. The number of nitrogens with one attached hydrogen (secondary N) is 1. The number of aryl methyl sites for hydroxylation is 2. The van der Waals surface area contributed by atoms with Gasteiger partial charge in [-0.1, -0.05) is 83.4 Å². The summed E-state index contributed by atoms with van der Waals surface area (Å²) in [6.45, 7) is 6.77. The Morgan fingerprint density at radius 3 is 2.12 bits per heavy atom. The summed E-state index contributed by atoms with van der Waals surface area (Å²) in [5.74, 6) is -0.230. The quantitative estimate of drug-likeness (QED) is 0.470. The van der Waals surface area contributed by atoms with Gasteiger partial charge in [-0.2, -0.15) is 0 Å². The van der Waals surface area contributed by atoms with Crippen molar-refractivity contribution in [1.29, 1.82) is 0 Å². The Bertz CT molecular complexity index is 1060. The van der Waals surface area contributed by atoms with E-state index in [-0.39, 0.29) is 18.2 Å². The summed E-state index contributed by atoms with van der Waals surface area (Å²) < 4.78 is 0. The molecule has 0 saturated carbocycles. The minimum atomic E-state index is -0.624. The first kappa shape index (κ1) is 24.5. The summed E-state index contributed by atoms with van der Waals surface area (Å²) in [6, 6.07) is 22.8. The third-order valence-electron chi connectivity index (χ3n) is 5.53. The van der Waals surface area contributed by atoms with Crippen LogP contribution in [-0.4, -0.2) is 29.3 Å². The molecule has 3 aromatic carbocycles. The predicted octanol–water partition coefficient (Wildman–Crippen LogP) is 5.28. The Balaban J connectivity index is 1.96. The summed E-state index contributed by atoms with van der Waals surface area (Å²) in [5, 5.41) is 3.56. The number of hydrogen-bond donors (Lipinski definition) is 1. The molecule has 0 aliphatic heterocycles. The van der Waals surface area contributed by atoms with Crippen molar-refractivity contribution < 1.29 is 9.59 Å². The highest BCUT2D eigenvalue weighted by Crippen LogP contribution is 2.19. The SMILES string of the molecule is CCNC(=O)C(Cc1ccccc1)N(Cc1ccc(Cl)cc1)C(=O)Cc1cc(C)cc(C)c1. The van der Waals surface area contributed by atoms with Crippen LogP contribution in [0.1, 0.15) is 34.7 Å². The molecule has 0 saturated heterocycles. The van der Waals surface area contributed by atoms with E-state index in [2.05, 4.69) is 11.4 Å². The van der Waals surface area contributed by atoms with Crippen molar-refractivity contribution in [2.75, 3.05) is 6.54 Å². The van der Waals surface area contributed by atoms with Gasteiger partial charge >= 0.3 is 0 Å². The molecule has 0 bridgehead atoms. The average molecular weight is 463 g/mol. The number of rotatable bonds is 9. The fraction of sp³-hybridized carbons (Fsp3) is 0.286. The molecule has 0 aliphatic rings. The molecule has 0 fully saturated rings. The van der Waals surface area contributed by atoms with Crippen molar-refractivity contribution in [2.24, 2.45) is 0 Å². The van der Waals surface area contributed by atoms with Crippen LogP contribution < -0.4 is 5.32 Å². The van der Waals surface area contributed by atoms with E-state index in [1.165, 1.54) is 0 Å². The molecule has 0 spiro atoms. The Morgan fingerprint density at radius 2 is 1.52 bits per heavy atom. The predicted molar refractivity (Wildman–Crippen MR) is 134 cm³/mol. The minimum Gasteiger partial charge on any atom is -0.355 e. The van der Waals surface area contributed by atoms with E-state index in [0.29, 0.717) is 24.5 Å². The second kappa shape index (κ2) is 11.7. The van der Waals surface area contributed by atoms with Gasteiger partial charge in [0, 0.05) is 24.5 Å². The zero-order valence-electron chi connectivity index (χ0n) is 19.5. The van der Waals surface area contributed by atoms with Crippen molar-refractivity contribution in [3.63, 3.8) is 0 Å². The zero-order valence-corrected chi connectivity index (χ0v) is 20.2. The summed E-state index contributed by atoms with van der Waals surface area (Å²) in [4.78, 5) is 28.5. The maximum Gasteiger partial charge on any atom is 0.243 e. The molecule has 2 amide bonds. The van der Waals surface area contributed by atoms with E-state index >= 15 is 0 Å². The summed E-state index contributed by atoms with van der Waals surface area (Å²) in [6.07, 6.45) is 0.680. The molecular weight excluding hydrogens is 432 g/mol. The van der Waals surface area contributed by atoms with Gasteiger partial charge in [-0.15, -0.1) is 0 Å². The standard InChI is InChI=1S/C28H31ClN2O2/c1-4-30-28(33)26(17-22-8-6-5-7-9-22)31(19-23-10-12-25(29)13-11-23)27(32)18-24-15-20(2)14-21(3)16-24/h5-16,26H,4,17-19H2,1-3H3,(H,30,33). The van der Waals surface area contributed by atoms with Gasteiger partial charge in [-0.3, -0.25) is 9.59 Å². The first-order valence-electron chi connectivity index (χ1n) is 11.3. The molecular formula is C28H31ClN2O2. The highest BCUT2D eigenvalue weighted by Gasteiger charge is 2.30. The van der Waals surface area contributed by atoms with Crippen LogP contribution in [0.5, 0.6) is 0 Å². The van der Waals surface area contributed by atoms with Crippen LogP contribution in [-0.2, 0) is 29.0 Å². The van der Waals surface area contributed by atoms with Crippen LogP contribution in [0, 0.1) is 13.8 Å². The molecule has 3 aromatic rings. The fourth-order valence-corrected chi connectivity index (χ4v) is 4.21. The zero-order chi connectivity index (χ0) is 23.8. The highest BCUT2D eigenvalue weighted by molar-refractivity contribution is 6.30. The van der Waals surface area contributed by atoms with E-state index in [1.54, 1.807) is 4.90 Å². The summed E-state index contributed by atoms with van der Waals surface area (Å²) in [5.41, 5.74) is 5.12. The summed E-state index contributed by atoms with van der Waals surface area (Å²) in [7, 11) is 0. The first-order valence-corrected chi connectivity index (χ1v) is 11.7. The van der Waals surface area contributed by atoms with Gasteiger partial charge in [-0.05, 0) is 49.6 Å². The topological polar surface area (TPSA) is 49.4 Å². The van der Waals surface area contributed by atoms with Gasteiger partial charge in [-0.25, -0.2) is 0 Å². The number of likely N-dealkylation sites (N-methyl/N-ethyl adjacent to an activating group) is 1. The number of carbonyl (C=O) groups excluding carboxylic acids is 2. The van der Waals surface area contributed by atoms with Crippen molar-refractivity contribution in [3.05, 3.63) is 106 Å². The number of carbonyl (C=O) groups is 2. The van der Waals surface area contributed by atoms with Crippen molar-refractivity contribution in [1.82, 2.24) is 10.2 Å². The number of halogens is 1.